The van der Waals surface area contributed by atoms with Gasteiger partial charge in [0.05, 0.1) is 5.00 Å². The summed E-state index contributed by atoms with van der Waals surface area (Å²) in [5.41, 5.74) is 0.386. The summed E-state index contributed by atoms with van der Waals surface area (Å²) < 4.78 is 40.3. The van der Waals surface area contributed by atoms with E-state index < -0.39 is 6.36 Å². The molecule has 150 valence electrons. The van der Waals surface area contributed by atoms with Gasteiger partial charge in [-0.05, 0) is 54.6 Å². The lowest BCUT2D eigenvalue weighted by Crippen LogP contribution is -2.43. The molecule has 6 nitrogen and oxygen atoms in total. The molecule has 0 radical (unpaired) electrons. The number of rotatable bonds is 4. The van der Waals surface area contributed by atoms with Gasteiger partial charge in [0.25, 0.3) is 0 Å². The Morgan fingerprint density at radius 2 is 1.75 bits per heavy atom. The van der Waals surface area contributed by atoms with Gasteiger partial charge < -0.3 is 15.0 Å². The summed E-state index contributed by atoms with van der Waals surface area (Å²) in [7, 11) is 0. The van der Waals surface area contributed by atoms with Crippen molar-refractivity contribution in [1.29, 1.82) is 0 Å². The van der Waals surface area contributed by atoms with Crippen LogP contribution in [0.3, 0.4) is 0 Å². The highest BCUT2D eigenvalue weighted by Gasteiger charge is 2.31. The molecule has 2 aromatic rings. The van der Waals surface area contributed by atoms with Gasteiger partial charge in [-0.3, -0.25) is 10.1 Å². The highest BCUT2D eigenvalue weighted by molar-refractivity contribution is 7.14. The zero-order valence-corrected chi connectivity index (χ0v) is 15.5. The molecule has 1 aromatic heterocycles. The number of thiophene rings is 1. The molecule has 1 fully saturated rings. The van der Waals surface area contributed by atoms with Crippen LogP contribution in [0.5, 0.6) is 5.75 Å². The smallest absolute Gasteiger partial charge is 0.406 e. The van der Waals surface area contributed by atoms with Gasteiger partial charge in [-0.1, -0.05) is 0 Å². The Morgan fingerprint density at radius 1 is 1.07 bits per heavy atom. The minimum Gasteiger partial charge on any atom is -0.406 e. The molecule has 28 heavy (non-hydrogen) atoms. The fourth-order valence-electron chi connectivity index (χ4n) is 2.86. The number of nitrogens with one attached hydrogen (secondary N) is 2. The van der Waals surface area contributed by atoms with Crippen LogP contribution >= 0.6 is 11.3 Å². The monoisotopic (exact) mass is 413 g/mol. The highest BCUT2D eigenvalue weighted by atomic mass is 32.1. The van der Waals surface area contributed by atoms with Crippen molar-refractivity contribution in [3.8, 4) is 5.75 Å². The van der Waals surface area contributed by atoms with E-state index in [0.29, 0.717) is 31.6 Å². The lowest BCUT2D eigenvalue weighted by atomic mass is 9.96. The summed E-state index contributed by atoms with van der Waals surface area (Å²) in [5, 5.41) is 8.13. The summed E-state index contributed by atoms with van der Waals surface area (Å²) in [4.78, 5) is 26.2. The van der Waals surface area contributed by atoms with E-state index >= 15 is 0 Å². The van der Waals surface area contributed by atoms with E-state index in [1.807, 2.05) is 17.5 Å². The first-order valence-corrected chi connectivity index (χ1v) is 9.44. The van der Waals surface area contributed by atoms with Crippen LogP contribution < -0.4 is 15.4 Å². The SMILES string of the molecule is O=C(Nc1ccc(OC(F)(F)F)cc1)C1CCN(C(=O)Nc2cccs2)CC1. The van der Waals surface area contributed by atoms with Gasteiger partial charge in [0.2, 0.25) is 5.91 Å². The van der Waals surface area contributed by atoms with Gasteiger partial charge in [-0.25, -0.2) is 4.79 Å². The number of piperidine rings is 1. The number of ether oxygens (including phenoxy) is 1. The predicted octanol–water partition coefficient (Wildman–Crippen LogP) is 4.53. The molecule has 1 saturated heterocycles. The third-order valence-corrected chi connectivity index (χ3v) is 5.04. The lowest BCUT2D eigenvalue weighted by Gasteiger charge is -2.31. The normalized spacial score (nSPS) is 15.2. The molecule has 1 aliphatic heterocycles. The number of carbonyl (C=O) groups is 2. The fourth-order valence-corrected chi connectivity index (χ4v) is 3.47. The van der Waals surface area contributed by atoms with E-state index in [1.165, 1.54) is 23.5 Å². The first-order valence-electron chi connectivity index (χ1n) is 8.56. The van der Waals surface area contributed by atoms with E-state index in [4.69, 9.17) is 0 Å². The molecule has 0 bridgehead atoms. The maximum absolute atomic E-state index is 12.4. The Bertz CT molecular complexity index is 802. The Kier molecular flexibility index (Phi) is 6.08. The summed E-state index contributed by atoms with van der Waals surface area (Å²) in [6, 6.07) is 8.44. The first kappa shape index (κ1) is 20.0. The molecule has 3 rings (SSSR count). The number of amides is 3. The van der Waals surface area contributed by atoms with E-state index in [-0.39, 0.29) is 23.6 Å². The van der Waals surface area contributed by atoms with Crippen LogP contribution in [-0.4, -0.2) is 36.3 Å². The van der Waals surface area contributed by atoms with Gasteiger partial charge in [0, 0.05) is 24.7 Å². The number of likely N-dealkylation sites (tertiary alicyclic amines) is 1. The number of halogens is 3. The maximum Gasteiger partial charge on any atom is 0.573 e. The molecule has 0 saturated carbocycles. The van der Waals surface area contributed by atoms with Crippen LogP contribution in [0, 0.1) is 5.92 Å². The third-order valence-electron chi connectivity index (χ3n) is 4.26. The van der Waals surface area contributed by atoms with Crippen LogP contribution in [0.2, 0.25) is 0 Å². The number of hydrogen-bond acceptors (Lipinski definition) is 4. The number of carbonyl (C=O) groups excluding carboxylic acids is 2. The second-order valence-electron chi connectivity index (χ2n) is 6.23. The average molecular weight is 413 g/mol. The number of nitrogens with zero attached hydrogens (tertiary/aromatic N) is 1. The number of urea groups is 1. The van der Waals surface area contributed by atoms with Gasteiger partial charge in [-0.2, -0.15) is 0 Å². The van der Waals surface area contributed by atoms with Crippen molar-refractivity contribution in [1.82, 2.24) is 4.90 Å². The average Bonchev–Trinajstić information content (AvgIpc) is 3.15. The molecule has 2 N–H and O–H groups in total. The molecule has 0 unspecified atom stereocenters. The molecule has 1 aromatic carbocycles. The van der Waals surface area contributed by atoms with Crippen molar-refractivity contribution in [3.63, 3.8) is 0 Å². The molecule has 3 amide bonds. The van der Waals surface area contributed by atoms with Crippen molar-refractivity contribution in [2.45, 2.75) is 19.2 Å². The summed E-state index contributed by atoms with van der Waals surface area (Å²) >= 11 is 1.43. The molecule has 0 spiro atoms. The second kappa shape index (κ2) is 8.51. The van der Waals surface area contributed by atoms with Crippen molar-refractivity contribution in [2.24, 2.45) is 5.92 Å². The third kappa shape index (κ3) is 5.62. The Labute approximate surface area is 163 Å². The van der Waals surface area contributed by atoms with Gasteiger partial charge in [0.1, 0.15) is 5.75 Å². The van der Waals surface area contributed by atoms with Gasteiger partial charge >= 0.3 is 12.4 Å². The molecule has 1 aliphatic rings. The topological polar surface area (TPSA) is 70.7 Å². The highest BCUT2D eigenvalue weighted by Crippen LogP contribution is 2.25. The van der Waals surface area contributed by atoms with Crippen LogP contribution in [0.25, 0.3) is 0 Å². The summed E-state index contributed by atoms with van der Waals surface area (Å²) in [6.45, 7) is 0.904. The van der Waals surface area contributed by atoms with Crippen LogP contribution in [0.4, 0.5) is 28.7 Å². The Hall–Kier alpha value is -2.75. The van der Waals surface area contributed by atoms with E-state index in [9.17, 15) is 22.8 Å². The fraction of sp³-hybridized carbons (Fsp3) is 0.333. The number of hydrogen-bond donors (Lipinski definition) is 2. The minimum atomic E-state index is -4.76. The van der Waals surface area contributed by atoms with Gasteiger partial charge in [-0.15, -0.1) is 24.5 Å². The largest absolute Gasteiger partial charge is 0.573 e. The Morgan fingerprint density at radius 3 is 2.32 bits per heavy atom. The quantitative estimate of drug-likeness (QED) is 0.774. The number of benzene rings is 1. The zero-order chi connectivity index (χ0) is 20.1. The van der Waals surface area contributed by atoms with E-state index in [2.05, 4.69) is 15.4 Å². The predicted molar refractivity (Wildman–Crippen MR) is 99.4 cm³/mol. The maximum atomic E-state index is 12.4. The summed E-state index contributed by atoms with van der Waals surface area (Å²) in [5.74, 6) is -0.838. The van der Waals surface area contributed by atoms with Crippen molar-refractivity contribution >= 4 is 34.0 Å². The zero-order valence-electron chi connectivity index (χ0n) is 14.7. The molecular formula is C18H18F3N3O3S. The van der Waals surface area contributed by atoms with Gasteiger partial charge in [0.15, 0.2) is 0 Å². The number of anilines is 2. The molecule has 10 heteroatoms. The van der Waals surface area contributed by atoms with Crippen LogP contribution in [0.15, 0.2) is 41.8 Å². The minimum absolute atomic E-state index is 0.193. The van der Waals surface area contributed by atoms with E-state index in [1.54, 1.807) is 4.90 Å². The van der Waals surface area contributed by atoms with Crippen LogP contribution in [0.1, 0.15) is 12.8 Å². The first-order chi connectivity index (χ1) is 13.3. The molecular weight excluding hydrogens is 395 g/mol. The van der Waals surface area contributed by atoms with Crippen molar-refractivity contribution < 1.29 is 27.5 Å². The molecule has 2 heterocycles. The van der Waals surface area contributed by atoms with Crippen molar-refractivity contribution in [3.05, 3.63) is 41.8 Å². The number of alkyl halides is 3. The van der Waals surface area contributed by atoms with Crippen LogP contribution in [-0.2, 0) is 4.79 Å². The molecule has 0 atom stereocenters. The molecule has 0 aliphatic carbocycles. The standard InChI is InChI=1S/C18H18F3N3O3S/c19-18(20,21)27-14-5-3-13(4-6-14)22-16(25)12-7-9-24(10-8-12)17(26)23-15-2-1-11-28-15/h1-6,11-12H,7-10H2,(H,22,25)(H,23,26). The summed E-state index contributed by atoms with van der Waals surface area (Å²) in [6.07, 6.45) is -3.73. The second-order valence-corrected chi connectivity index (χ2v) is 7.18. The van der Waals surface area contributed by atoms with E-state index in [0.717, 1.165) is 17.1 Å². The Balaban J connectivity index is 1.46. The lowest BCUT2D eigenvalue weighted by molar-refractivity contribution is -0.274. The van der Waals surface area contributed by atoms with Crippen molar-refractivity contribution in [2.75, 3.05) is 23.7 Å².